The predicted molar refractivity (Wildman–Crippen MR) is 105 cm³/mol. The van der Waals surface area contributed by atoms with Gasteiger partial charge >= 0.3 is 6.18 Å². The average Bonchev–Trinajstić information content (AvgIpc) is 2.73. The first-order valence-electron chi connectivity index (χ1n) is 9.23. The summed E-state index contributed by atoms with van der Waals surface area (Å²) in [5.41, 5.74) is 0.390. The highest BCUT2D eigenvalue weighted by Crippen LogP contribution is 2.33. The second-order valence-electron chi connectivity index (χ2n) is 6.96. The van der Waals surface area contributed by atoms with Crippen LogP contribution in [0.1, 0.15) is 23.2 Å². The standard InChI is InChI=1S/C20H21F3N2O4S/c1-29-18-7-3-2-6-17(18)24-30(27,28)16-10-8-14(9-11-16)19(26)25-12-4-5-15(13-25)20(21,22)23/h2-3,6-11,15,24H,4-5,12-13H2,1H3/t15-/m0/s1. The predicted octanol–water partition coefficient (Wildman–Crippen LogP) is 3.91. The fourth-order valence-electron chi connectivity index (χ4n) is 3.32. The molecule has 1 N–H and O–H groups in total. The van der Waals surface area contributed by atoms with E-state index in [1.54, 1.807) is 24.3 Å². The maximum atomic E-state index is 13.0. The van der Waals surface area contributed by atoms with Crippen LogP contribution in [-0.2, 0) is 10.0 Å². The zero-order valence-corrected chi connectivity index (χ0v) is 17.0. The summed E-state index contributed by atoms with van der Waals surface area (Å²) in [4.78, 5) is 13.7. The number of hydrogen-bond donors (Lipinski definition) is 1. The zero-order chi connectivity index (χ0) is 21.9. The van der Waals surface area contributed by atoms with E-state index in [0.29, 0.717) is 5.75 Å². The lowest BCUT2D eigenvalue weighted by molar-refractivity contribution is -0.184. The molecule has 1 saturated heterocycles. The molecule has 0 radical (unpaired) electrons. The molecule has 0 bridgehead atoms. The SMILES string of the molecule is COc1ccccc1NS(=O)(=O)c1ccc(C(=O)N2CCC[C@H](C(F)(F)F)C2)cc1. The van der Waals surface area contributed by atoms with Crippen LogP contribution >= 0.6 is 0 Å². The third-order valence-electron chi connectivity index (χ3n) is 4.93. The number of alkyl halides is 3. The largest absolute Gasteiger partial charge is 0.495 e. The molecule has 1 atom stereocenters. The van der Waals surface area contributed by atoms with Crippen LogP contribution in [0.4, 0.5) is 18.9 Å². The van der Waals surface area contributed by atoms with Gasteiger partial charge in [-0.05, 0) is 49.2 Å². The molecule has 1 fully saturated rings. The van der Waals surface area contributed by atoms with Crippen molar-refractivity contribution in [2.24, 2.45) is 5.92 Å². The summed E-state index contributed by atoms with van der Waals surface area (Å²) in [7, 11) is -2.53. The minimum atomic E-state index is -4.35. The lowest BCUT2D eigenvalue weighted by atomic mass is 9.97. The Labute approximate surface area is 172 Å². The van der Waals surface area contributed by atoms with Crippen LogP contribution in [0.15, 0.2) is 53.4 Å². The first kappa shape index (κ1) is 21.9. The van der Waals surface area contributed by atoms with Gasteiger partial charge in [-0.15, -0.1) is 0 Å². The van der Waals surface area contributed by atoms with Crippen molar-refractivity contribution in [3.05, 3.63) is 54.1 Å². The number of likely N-dealkylation sites (tertiary alicyclic amines) is 1. The number of benzene rings is 2. The van der Waals surface area contributed by atoms with Crippen molar-refractivity contribution >= 4 is 21.6 Å². The molecule has 1 amide bonds. The van der Waals surface area contributed by atoms with Gasteiger partial charge < -0.3 is 9.64 Å². The van der Waals surface area contributed by atoms with Crippen molar-refractivity contribution < 1.29 is 31.1 Å². The van der Waals surface area contributed by atoms with Gasteiger partial charge in [0.05, 0.1) is 23.6 Å². The number of carbonyl (C=O) groups is 1. The average molecular weight is 442 g/mol. The third kappa shape index (κ3) is 4.86. The Morgan fingerprint density at radius 2 is 1.80 bits per heavy atom. The molecular weight excluding hydrogens is 421 g/mol. The van der Waals surface area contributed by atoms with Gasteiger partial charge in [0.25, 0.3) is 15.9 Å². The van der Waals surface area contributed by atoms with Crippen LogP contribution in [-0.4, -0.2) is 45.6 Å². The molecule has 0 saturated carbocycles. The molecule has 1 heterocycles. The molecule has 0 aliphatic carbocycles. The highest BCUT2D eigenvalue weighted by Gasteiger charge is 2.42. The number of anilines is 1. The van der Waals surface area contributed by atoms with E-state index >= 15 is 0 Å². The number of para-hydroxylation sites is 2. The van der Waals surface area contributed by atoms with Gasteiger partial charge in [0.2, 0.25) is 0 Å². The number of methoxy groups -OCH3 is 1. The van der Waals surface area contributed by atoms with Crippen molar-refractivity contribution in [2.75, 3.05) is 24.9 Å². The number of sulfonamides is 1. The molecule has 162 valence electrons. The van der Waals surface area contributed by atoms with E-state index < -0.39 is 34.6 Å². The number of hydrogen-bond acceptors (Lipinski definition) is 4. The van der Waals surface area contributed by atoms with Crippen LogP contribution in [0.2, 0.25) is 0 Å². The van der Waals surface area contributed by atoms with Crippen molar-refractivity contribution in [2.45, 2.75) is 23.9 Å². The molecule has 1 aliphatic rings. The number of carbonyl (C=O) groups excluding carboxylic acids is 1. The van der Waals surface area contributed by atoms with Gasteiger partial charge in [0.1, 0.15) is 5.75 Å². The quantitative estimate of drug-likeness (QED) is 0.762. The van der Waals surface area contributed by atoms with E-state index in [-0.39, 0.29) is 35.5 Å². The maximum absolute atomic E-state index is 13.0. The number of piperidine rings is 1. The Morgan fingerprint density at radius 3 is 2.43 bits per heavy atom. The number of rotatable bonds is 5. The summed E-state index contributed by atoms with van der Waals surface area (Å²) in [6.07, 6.45) is -4.08. The van der Waals surface area contributed by atoms with Gasteiger partial charge in [-0.1, -0.05) is 12.1 Å². The second kappa shape index (κ2) is 8.55. The summed E-state index contributed by atoms with van der Waals surface area (Å²) < 4.78 is 71.7. The zero-order valence-electron chi connectivity index (χ0n) is 16.1. The lowest BCUT2D eigenvalue weighted by Gasteiger charge is -2.33. The fraction of sp³-hybridized carbons (Fsp3) is 0.350. The summed E-state index contributed by atoms with van der Waals surface area (Å²) in [5, 5.41) is 0. The van der Waals surface area contributed by atoms with Crippen molar-refractivity contribution in [1.29, 1.82) is 0 Å². The molecule has 6 nitrogen and oxygen atoms in total. The molecule has 0 aromatic heterocycles. The van der Waals surface area contributed by atoms with Crippen LogP contribution in [0.25, 0.3) is 0 Å². The summed E-state index contributed by atoms with van der Waals surface area (Å²) in [5.74, 6) is -1.75. The number of nitrogens with zero attached hydrogens (tertiary/aromatic N) is 1. The van der Waals surface area contributed by atoms with Gasteiger partial charge in [0.15, 0.2) is 0 Å². The van der Waals surface area contributed by atoms with Gasteiger partial charge in [0, 0.05) is 18.7 Å². The molecule has 0 spiro atoms. The first-order valence-corrected chi connectivity index (χ1v) is 10.7. The molecule has 30 heavy (non-hydrogen) atoms. The van der Waals surface area contributed by atoms with Gasteiger partial charge in [-0.3, -0.25) is 9.52 Å². The van der Waals surface area contributed by atoms with Crippen LogP contribution in [0.5, 0.6) is 5.75 Å². The normalized spacial score (nSPS) is 17.5. The van der Waals surface area contributed by atoms with E-state index in [9.17, 15) is 26.4 Å². The highest BCUT2D eigenvalue weighted by molar-refractivity contribution is 7.92. The fourth-order valence-corrected chi connectivity index (χ4v) is 4.39. The Bertz CT molecular complexity index is 1010. The second-order valence-corrected chi connectivity index (χ2v) is 8.64. The molecule has 10 heteroatoms. The van der Waals surface area contributed by atoms with Crippen molar-refractivity contribution in [3.63, 3.8) is 0 Å². The molecule has 3 rings (SSSR count). The van der Waals surface area contributed by atoms with Crippen molar-refractivity contribution in [1.82, 2.24) is 4.90 Å². The molecule has 0 unspecified atom stereocenters. The number of amides is 1. The van der Waals surface area contributed by atoms with E-state index in [0.717, 1.165) is 4.90 Å². The molecular formula is C20H21F3N2O4S. The lowest BCUT2D eigenvalue weighted by Crippen LogP contribution is -2.44. The Kier molecular flexibility index (Phi) is 6.25. The topological polar surface area (TPSA) is 75.7 Å². The number of halogens is 3. The Balaban J connectivity index is 1.74. The summed E-state index contributed by atoms with van der Waals surface area (Å²) in [6, 6.07) is 11.6. The minimum absolute atomic E-state index is 0.000913. The third-order valence-corrected chi connectivity index (χ3v) is 6.32. The van der Waals surface area contributed by atoms with Gasteiger partial charge in [-0.2, -0.15) is 13.2 Å². The molecule has 1 aliphatic heterocycles. The molecule has 2 aromatic rings. The Hall–Kier alpha value is -2.75. The molecule has 2 aromatic carbocycles. The van der Waals surface area contributed by atoms with E-state index in [1.165, 1.54) is 31.4 Å². The first-order chi connectivity index (χ1) is 14.1. The minimum Gasteiger partial charge on any atom is -0.495 e. The maximum Gasteiger partial charge on any atom is 0.393 e. The number of ether oxygens (including phenoxy) is 1. The van der Waals surface area contributed by atoms with Gasteiger partial charge in [-0.25, -0.2) is 8.42 Å². The van der Waals surface area contributed by atoms with E-state index in [4.69, 9.17) is 4.74 Å². The van der Waals surface area contributed by atoms with Crippen LogP contribution < -0.4 is 9.46 Å². The van der Waals surface area contributed by atoms with E-state index in [2.05, 4.69) is 4.72 Å². The monoisotopic (exact) mass is 442 g/mol. The summed E-state index contributed by atoms with van der Waals surface area (Å²) >= 11 is 0. The van der Waals surface area contributed by atoms with E-state index in [1.807, 2.05) is 0 Å². The van der Waals surface area contributed by atoms with Crippen molar-refractivity contribution in [3.8, 4) is 5.75 Å². The smallest absolute Gasteiger partial charge is 0.393 e. The van der Waals surface area contributed by atoms with Crippen LogP contribution in [0.3, 0.4) is 0 Å². The summed E-state index contributed by atoms with van der Waals surface area (Å²) in [6.45, 7) is -0.154. The van der Waals surface area contributed by atoms with Crippen LogP contribution in [0, 0.1) is 5.92 Å². The number of nitrogens with one attached hydrogen (secondary N) is 1. The Morgan fingerprint density at radius 1 is 1.13 bits per heavy atom. The highest BCUT2D eigenvalue weighted by atomic mass is 32.2.